The molecule has 0 heterocycles. The van der Waals surface area contributed by atoms with Crippen molar-refractivity contribution in [1.29, 1.82) is 0 Å². The van der Waals surface area contributed by atoms with Gasteiger partial charge in [-0.15, -0.1) is 12.4 Å². The lowest BCUT2D eigenvalue weighted by molar-refractivity contribution is -0.136. The molecule has 0 unspecified atom stereocenters. The zero-order valence-electron chi connectivity index (χ0n) is 12.3. The maximum Gasteiger partial charge on any atom is 0.223 e. The van der Waals surface area contributed by atoms with Crippen LogP contribution in [0, 0.1) is 5.92 Å². The molecule has 0 aromatic heterocycles. The molecule has 3 nitrogen and oxygen atoms in total. The molecule has 2 fully saturated rings. The van der Waals surface area contributed by atoms with Gasteiger partial charge in [0.15, 0.2) is 0 Å². The van der Waals surface area contributed by atoms with E-state index in [9.17, 15) is 4.79 Å². The van der Waals surface area contributed by atoms with Gasteiger partial charge in [0, 0.05) is 24.5 Å². The van der Waals surface area contributed by atoms with Crippen molar-refractivity contribution < 1.29 is 4.79 Å². The summed E-state index contributed by atoms with van der Waals surface area (Å²) in [4.78, 5) is 14.7. The third-order valence-electron chi connectivity index (χ3n) is 4.72. The van der Waals surface area contributed by atoms with Crippen LogP contribution in [0.25, 0.3) is 0 Å². The summed E-state index contributed by atoms with van der Waals surface area (Å²) in [5, 5.41) is 0. The Morgan fingerprint density at radius 3 is 2.26 bits per heavy atom. The van der Waals surface area contributed by atoms with E-state index in [1.54, 1.807) is 0 Å². The molecule has 19 heavy (non-hydrogen) atoms. The van der Waals surface area contributed by atoms with Gasteiger partial charge in [0.05, 0.1) is 0 Å². The van der Waals surface area contributed by atoms with Crippen LogP contribution in [0.5, 0.6) is 0 Å². The Labute approximate surface area is 123 Å². The van der Waals surface area contributed by atoms with Crippen LogP contribution in [-0.2, 0) is 4.79 Å². The molecule has 4 heteroatoms. The van der Waals surface area contributed by atoms with Crippen molar-refractivity contribution in [2.75, 3.05) is 0 Å². The van der Waals surface area contributed by atoms with Crippen LogP contribution in [0.15, 0.2) is 0 Å². The summed E-state index contributed by atoms with van der Waals surface area (Å²) in [6.07, 6.45) is 9.07. The Hall–Kier alpha value is -0.280. The molecule has 2 rings (SSSR count). The highest BCUT2D eigenvalue weighted by molar-refractivity contribution is 5.85. The van der Waals surface area contributed by atoms with Crippen LogP contribution >= 0.6 is 12.4 Å². The summed E-state index contributed by atoms with van der Waals surface area (Å²) in [5.74, 6) is 0.777. The molecule has 2 saturated carbocycles. The quantitative estimate of drug-likeness (QED) is 0.864. The molecule has 0 aliphatic heterocycles. The van der Waals surface area contributed by atoms with Gasteiger partial charge in [0.25, 0.3) is 0 Å². The summed E-state index contributed by atoms with van der Waals surface area (Å²) in [7, 11) is 0. The van der Waals surface area contributed by atoms with Gasteiger partial charge < -0.3 is 10.6 Å². The van der Waals surface area contributed by atoms with Gasteiger partial charge in [-0.1, -0.05) is 19.3 Å². The minimum Gasteiger partial charge on any atom is -0.337 e. The summed E-state index contributed by atoms with van der Waals surface area (Å²) in [6, 6.07) is 1.08. The summed E-state index contributed by atoms with van der Waals surface area (Å²) >= 11 is 0. The van der Waals surface area contributed by atoms with E-state index < -0.39 is 0 Å². The molecule has 0 aromatic carbocycles. The molecule has 0 radical (unpaired) electrons. The molecular formula is C15H29ClN2O. The fourth-order valence-corrected chi connectivity index (χ4v) is 3.74. The molecule has 2 aliphatic carbocycles. The first-order chi connectivity index (χ1) is 8.59. The smallest absolute Gasteiger partial charge is 0.223 e. The second kappa shape index (κ2) is 7.49. The van der Waals surface area contributed by atoms with Gasteiger partial charge in [0.1, 0.15) is 0 Å². The van der Waals surface area contributed by atoms with Gasteiger partial charge in [-0.05, 0) is 45.4 Å². The van der Waals surface area contributed by atoms with E-state index in [1.165, 1.54) is 32.1 Å². The third kappa shape index (κ3) is 4.09. The zero-order valence-corrected chi connectivity index (χ0v) is 13.1. The van der Waals surface area contributed by atoms with Crippen LogP contribution in [0.4, 0.5) is 0 Å². The Morgan fingerprint density at radius 2 is 1.79 bits per heavy atom. The Balaban J connectivity index is 0.00000180. The Morgan fingerprint density at radius 1 is 1.16 bits per heavy atom. The number of nitrogens with two attached hydrogens (primary N) is 1. The van der Waals surface area contributed by atoms with Crippen molar-refractivity contribution in [2.24, 2.45) is 11.7 Å². The Bertz CT molecular complexity index is 290. The van der Waals surface area contributed by atoms with E-state index in [1.807, 2.05) is 0 Å². The molecule has 0 aromatic rings. The van der Waals surface area contributed by atoms with E-state index in [0.29, 0.717) is 30.3 Å². The number of carbonyl (C=O) groups is 1. The average Bonchev–Trinajstić information content (AvgIpc) is 2.92. The second-order valence-electron chi connectivity index (χ2n) is 6.39. The van der Waals surface area contributed by atoms with Gasteiger partial charge in [-0.25, -0.2) is 0 Å². The van der Waals surface area contributed by atoms with E-state index in [0.717, 1.165) is 12.8 Å². The highest BCUT2D eigenvalue weighted by Gasteiger charge is 2.32. The molecule has 112 valence electrons. The van der Waals surface area contributed by atoms with E-state index >= 15 is 0 Å². The molecule has 0 saturated heterocycles. The molecule has 2 N–H and O–H groups in total. The van der Waals surface area contributed by atoms with Crippen LogP contribution in [0.3, 0.4) is 0 Å². The van der Waals surface area contributed by atoms with Crippen LogP contribution < -0.4 is 5.73 Å². The normalized spacial score (nSPS) is 27.6. The maximum atomic E-state index is 12.5. The second-order valence-corrected chi connectivity index (χ2v) is 6.39. The van der Waals surface area contributed by atoms with Gasteiger partial charge in [0.2, 0.25) is 5.91 Å². The first-order valence-corrected chi connectivity index (χ1v) is 7.66. The number of rotatable bonds is 4. The number of carbonyl (C=O) groups excluding carboxylic acids is 1. The van der Waals surface area contributed by atoms with Crippen LogP contribution in [0.2, 0.25) is 0 Å². The Kier molecular flexibility index (Phi) is 6.61. The molecule has 0 bridgehead atoms. The van der Waals surface area contributed by atoms with E-state index in [4.69, 9.17) is 5.73 Å². The fraction of sp³-hybridized carbons (Fsp3) is 0.933. The largest absolute Gasteiger partial charge is 0.337 e. The zero-order chi connectivity index (χ0) is 13.1. The maximum absolute atomic E-state index is 12.5. The summed E-state index contributed by atoms with van der Waals surface area (Å²) < 4.78 is 0. The minimum atomic E-state index is 0. The molecule has 0 spiro atoms. The lowest BCUT2D eigenvalue weighted by atomic mass is 9.98. The van der Waals surface area contributed by atoms with Crippen molar-refractivity contribution in [2.45, 2.75) is 83.3 Å². The van der Waals surface area contributed by atoms with E-state index in [-0.39, 0.29) is 18.4 Å². The highest BCUT2D eigenvalue weighted by atomic mass is 35.5. The van der Waals surface area contributed by atoms with Crippen molar-refractivity contribution in [3.63, 3.8) is 0 Å². The average molecular weight is 289 g/mol. The highest BCUT2D eigenvalue weighted by Crippen LogP contribution is 2.30. The lowest BCUT2D eigenvalue weighted by Gasteiger charge is -2.34. The van der Waals surface area contributed by atoms with Crippen molar-refractivity contribution in [1.82, 2.24) is 4.90 Å². The molecule has 2 aliphatic rings. The topological polar surface area (TPSA) is 46.3 Å². The van der Waals surface area contributed by atoms with E-state index in [2.05, 4.69) is 18.7 Å². The van der Waals surface area contributed by atoms with Crippen LogP contribution in [0.1, 0.15) is 65.2 Å². The van der Waals surface area contributed by atoms with Gasteiger partial charge in [-0.3, -0.25) is 4.79 Å². The number of amides is 1. The number of hydrogen-bond donors (Lipinski definition) is 1. The summed E-state index contributed by atoms with van der Waals surface area (Å²) in [6.45, 7) is 4.29. The molecule has 2 atom stereocenters. The SMILES string of the molecule is CC(C)N(C(=O)C[C@@H]1CCC[C@H]1N)C1CCCC1.Cl. The van der Waals surface area contributed by atoms with Crippen LogP contribution in [-0.4, -0.2) is 28.9 Å². The monoisotopic (exact) mass is 288 g/mol. The minimum absolute atomic E-state index is 0. The van der Waals surface area contributed by atoms with Crippen molar-refractivity contribution in [3.05, 3.63) is 0 Å². The molecular weight excluding hydrogens is 260 g/mol. The number of hydrogen-bond acceptors (Lipinski definition) is 2. The lowest BCUT2D eigenvalue weighted by Crippen LogP contribution is -2.45. The number of nitrogens with zero attached hydrogens (tertiary/aromatic N) is 1. The van der Waals surface area contributed by atoms with Crippen molar-refractivity contribution in [3.8, 4) is 0 Å². The van der Waals surface area contributed by atoms with Gasteiger partial charge in [-0.2, -0.15) is 0 Å². The number of halogens is 1. The molecule has 1 amide bonds. The first-order valence-electron chi connectivity index (χ1n) is 7.66. The van der Waals surface area contributed by atoms with Gasteiger partial charge >= 0.3 is 0 Å². The predicted octanol–water partition coefficient (Wildman–Crippen LogP) is 3.11. The third-order valence-corrected chi connectivity index (χ3v) is 4.72. The first kappa shape index (κ1) is 16.8. The standard InChI is InChI=1S/C15H28N2O.ClH/c1-11(2)17(13-7-3-4-8-13)15(18)10-12-6-5-9-14(12)16;/h11-14H,3-10,16H2,1-2H3;1H/t12-,14+;/m0./s1. The fourth-order valence-electron chi connectivity index (χ4n) is 3.74. The summed E-state index contributed by atoms with van der Waals surface area (Å²) in [5.41, 5.74) is 6.09. The van der Waals surface area contributed by atoms with Crippen molar-refractivity contribution >= 4 is 18.3 Å². The predicted molar refractivity (Wildman–Crippen MR) is 81.4 cm³/mol.